The molecule has 1 aromatic carbocycles. The Labute approximate surface area is 212 Å². The van der Waals surface area contributed by atoms with Crippen molar-refractivity contribution in [3.05, 3.63) is 23.4 Å². The van der Waals surface area contributed by atoms with Crippen LogP contribution in [0.25, 0.3) is 5.65 Å². The van der Waals surface area contributed by atoms with Crippen LogP contribution in [0.15, 0.2) is 18.3 Å². The van der Waals surface area contributed by atoms with E-state index in [4.69, 9.17) is 27.8 Å². The number of benzene rings is 1. The molecule has 2 aromatic heterocycles. The largest absolute Gasteiger partial charge is 0.399 e. The zero-order valence-electron chi connectivity index (χ0n) is 20.1. The molecular formula is C22H30ClN11O2. The van der Waals surface area contributed by atoms with Crippen LogP contribution in [0.4, 0.5) is 39.4 Å². The molecule has 2 amide bonds. The highest BCUT2D eigenvalue weighted by Gasteiger charge is 2.35. The summed E-state index contributed by atoms with van der Waals surface area (Å²) < 4.78 is 7.15. The van der Waals surface area contributed by atoms with Gasteiger partial charge in [-0.05, 0) is 31.9 Å². The molecule has 0 spiro atoms. The van der Waals surface area contributed by atoms with Crippen LogP contribution in [-0.2, 0) is 4.74 Å². The molecular weight excluding hydrogens is 486 g/mol. The molecule has 1 saturated carbocycles. The average Bonchev–Trinajstić information content (AvgIpc) is 3.45. The summed E-state index contributed by atoms with van der Waals surface area (Å²) >= 11 is 6.85. The molecule has 2 fully saturated rings. The number of carbonyl (C=O) groups excluding carboxylic acids is 1. The second-order valence-electron chi connectivity index (χ2n) is 8.94. The van der Waals surface area contributed by atoms with Crippen LogP contribution < -0.4 is 37.6 Å². The summed E-state index contributed by atoms with van der Waals surface area (Å²) in [4.78, 5) is 23.1. The number of nitrogens with two attached hydrogens (primary N) is 2. The number of halogens is 1. The minimum atomic E-state index is -0.241. The van der Waals surface area contributed by atoms with Crippen LogP contribution in [0, 0.1) is 0 Å². The number of fused-ring (bicyclic) bond motifs is 1. The monoisotopic (exact) mass is 515 g/mol. The van der Waals surface area contributed by atoms with Crippen molar-refractivity contribution in [2.75, 3.05) is 53.7 Å². The maximum atomic E-state index is 12.1. The van der Waals surface area contributed by atoms with Gasteiger partial charge in [-0.25, -0.2) is 9.78 Å². The normalized spacial score (nSPS) is 19.5. The SMILES string of the molecule is CCNC(=O)N[C@H]1CN(c2cc(N)cc(Nc3nc(NC4CC4)c4ncc(N)n4n3)c2Cl)C[C@H]1OC. The van der Waals surface area contributed by atoms with Gasteiger partial charge in [0.2, 0.25) is 5.95 Å². The summed E-state index contributed by atoms with van der Waals surface area (Å²) in [6, 6.07) is 3.42. The van der Waals surface area contributed by atoms with Gasteiger partial charge in [-0.2, -0.15) is 9.50 Å². The number of nitrogen functional groups attached to an aromatic ring is 2. The third-order valence-electron chi connectivity index (χ3n) is 6.19. The van der Waals surface area contributed by atoms with Crippen molar-refractivity contribution in [1.82, 2.24) is 30.2 Å². The highest BCUT2D eigenvalue weighted by molar-refractivity contribution is 6.36. The van der Waals surface area contributed by atoms with E-state index in [0.29, 0.717) is 71.0 Å². The van der Waals surface area contributed by atoms with Crippen molar-refractivity contribution in [3.8, 4) is 0 Å². The minimum Gasteiger partial charge on any atom is -0.399 e. The molecule has 0 unspecified atom stereocenters. The van der Waals surface area contributed by atoms with Crippen molar-refractivity contribution in [2.45, 2.75) is 38.0 Å². The molecule has 2 atom stereocenters. The second kappa shape index (κ2) is 9.74. The first kappa shape index (κ1) is 24.0. The average molecular weight is 516 g/mol. The van der Waals surface area contributed by atoms with Gasteiger partial charge >= 0.3 is 6.03 Å². The fraction of sp³-hybridized carbons (Fsp3) is 0.455. The summed E-state index contributed by atoms with van der Waals surface area (Å²) in [5, 5.41) is 17.2. The van der Waals surface area contributed by atoms with Crippen molar-refractivity contribution in [1.29, 1.82) is 0 Å². The molecule has 1 aliphatic carbocycles. The summed E-state index contributed by atoms with van der Waals surface area (Å²) in [5.41, 5.74) is 14.6. The lowest BCUT2D eigenvalue weighted by atomic mass is 10.2. The zero-order valence-corrected chi connectivity index (χ0v) is 20.8. The van der Waals surface area contributed by atoms with Crippen molar-refractivity contribution >= 4 is 57.9 Å². The molecule has 1 aliphatic heterocycles. The molecule has 5 rings (SSSR count). The number of rotatable bonds is 8. The predicted octanol–water partition coefficient (Wildman–Crippen LogP) is 1.78. The molecule has 3 heterocycles. The van der Waals surface area contributed by atoms with E-state index in [9.17, 15) is 4.79 Å². The maximum Gasteiger partial charge on any atom is 0.315 e. The van der Waals surface area contributed by atoms with Crippen molar-refractivity contribution < 1.29 is 9.53 Å². The molecule has 0 bridgehead atoms. The van der Waals surface area contributed by atoms with Gasteiger partial charge in [0.15, 0.2) is 11.5 Å². The minimum absolute atomic E-state index is 0.215. The van der Waals surface area contributed by atoms with E-state index < -0.39 is 0 Å². The Morgan fingerprint density at radius 1 is 1.28 bits per heavy atom. The molecule has 14 heteroatoms. The van der Waals surface area contributed by atoms with Crippen LogP contribution in [0.1, 0.15) is 19.8 Å². The summed E-state index contributed by atoms with van der Waals surface area (Å²) in [5.74, 6) is 1.27. The lowest BCUT2D eigenvalue weighted by Crippen LogP contribution is -2.48. The third kappa shape index (κ3) is 4.84. The first-order valence-electron chi connectivity index (χ1n) is 11.8. The molecule has 8 N–H and O–H groups in total. The quantitative estimate of drug-likeness (QED) is 0.243. The van der Waals surface area contributed by atoms with E-state index in [1.165, 1.54) is 4.52 Å². The lowest BCUT2D eigenvalue weighted by molar-refractivity contribution is 0.0992. The summed E-state index contributed by atoms with van der Waals surface area (Å²) in [6.45, 7) is 3.43. The number of urea groups is 1. The van der Waals surface area contributed by atoms with Crippen LogP contribution >= 0.6 is 11.6 Å². The summed E-state index contributed by atoms with van der Waals surface area (Å²) in [6.07, 6.45) is 3.48. The van der Waals surface area contributed by atoms with E-state index in [1.54, 1.807) is 25.4 Å². The number of amides is 2. The van der Waals surface area contributed by atoms with Crippen LogP contribution in [0.5, 0.6) is 0 Å². The highest BCUT2D eigenvalue weighted by atomic mass is 35.5. The number of methoxy groups -OCH3 is 1. The standard InChI is InChI=1S/C22H30ClN11O2/c1-3-26-22(35)30-14-9-33(10-16(14)36-2)15-7-11(24)6-13(18(15)23)29-21-31-19(28-12-4-5-12)20-27-8-17(25)34(20)32-21/h6-8,12,14,16H,3-5,9-10,24-25H2,1-2H3,(H2,26,30,35)(H2,28,29,31,32)/t14-,16+/m0/s1. The van der Waals surface area contributed by atoms with Crippen LogP contribution in [0.3, 0.4) is 0 Å². The van der Waals surface area contributed by atoms with E-state index >= 15 is 0 Å². The Morgan fingerprint density at radius 2 is 2.08 bits per heavy atom. The molecule has 3 aromatic rings. The Morgan fingerprint density at radius 3 is 2.81 bits per heavy atom. The van der Waals surface area contributed by atoms with Crippen LogP contribution in [-0.4, -0.2) is 70.5 Å². The number of ether oxygens (including phenoxy) is 1. The third-order valence-corrected chi connectivity index (χ3v) is 6.59. The highest BCUT2D eigenvalue weighted by Crippen LogP contribution is 2.38. The topological polar surface area (TPSA) is 173 Å². The fourth-order valence-electron chi connectivity index (χ4n) is 4.27. The van der Waals surface area contributed by atoms with Crippen molar-refractivity contribution in [2.24, 2.45) is 0 Å². The van der Waals surface area contributed by atoms with E-state index in [-0.39, 0.29) is 18.2 Å². The smallest absolute Gasteiger partial charge is 0.315 e. The number of carbonyl (C=O) groups is 1. The Hall–Kier alpha value is -3.71. The van der Waals surface area contributed by atoms with E-state index in [1.807, 2.05) is 11.8 Å². The van der Waals surface area contributed by atoms with Gasteiger partial charge in [0.1, 0.15) is 5.82 Å². The van der Waals surface area contributed by atoms with Gasteiger partial charge in [-0.3, -0.25) is 0 Å². The van der Waals surface area contributed by atoms with Gasteiger partial charge in [-0.15, -0.1) is 5.10 Å². The van der Waals surface area contributed by atoms with Gasteiger partial charge < -0.3 is 42.4 Å². The number of anilines is 6. The van der Waals surface area contributed by atoms with E-state index in [0.717, 1.165) is 12.8 Å². The van der Waals surface area contributed by atoms with Gasteiger partial charge in [-0.1, -0.05) is 11.6 Å². The Balaban J connectivity index is 1.42. The second-order valence-corrected chi connectivity index (χ2v) is 9.32. The lowest BCUT2D eigenvalue weighted by Gasteiger charge is -2.22. The molecule has 2 aliphatic rings. The number of imidazole rings is 1. The van der Waals surface area contributed by atoms with Gasteiger partial charge in [0.05, 0.1) is 34.7 Å². The first-order chi connectivity index (χ1) is 17.4. The number of aromatic nitrogens is 4. The number of hydrogen-bond donors (Lipinski definition) is 6. The molecule has 192 valence electrons. The first-order valence-corrected chi connectivity index (χ1v) is 12.2. The maximum absolute atomic E-state index is 12.1. The number of hydrogen-bond acceptors (Lipinski definition) is 10. The fourth-order valence-corrected chi connectivity index (χ4v) is 4.55. The Kier molecular flexibility index (Phi) is 6.49. The van der Waals surface area contributed by atoms with Gasteiger partial charge in [0, 0.05) is 38.5 Å². The van der Waals surface area contributed by atoms with Crippen molar-refractivity contribution in [3.63, 3.8) is 0 Å². The van der Waals surface area contributed by atoms with Crippen LogP contribution in [0.2, 0.25) is 5.02 Å². The zero-order chi connectivity index (χ0) is 25.4. The number of nitrogens with zero attached hydrogens (tertiary/aromatic N) is 5. The Bertz CT molecular complexity index is 1280. The van der Waals surface area contributed by atoms with Gasteiger partial charge in [0.25, 0.3) is 0 Å². The molecule has 36 heavy (non-hydrogen) atoms. The van der Waals surface area contributed by atoms with E-state index in [2.05, 4.69) is 36.3 Å². The molecule has 13 nitrogen and oxygen atoms in total. The number of nitrogens with one attached hydrogen (secondary N) is 4. The molecule has 0 radical (unpaired) electrons. The molecule has 1 saturated heterocycles. The predicted molar refractivity (Wildman–Crippen MR) is 140 cm³/mol. The summed E-state index contributed by atoms with van der Waals surface area (Å²) in [7, 11) is 1.62.